The molecule has 5 nitrogen and oxygen atoms in total. The van der Waals surface area contributed by atoms with Crippen LogP contribution in [-0.2, 0) is 5.60 Å². The third-order valence-electron chi connectivity index (χ3n) is 3.97. The molecule has 0 aliphatic carbocycles. The second-order valence-electron chi connectivity index (χ2n) is 6.01. The number of nitrogens with two attached hydrogens (primary N) is 1. The van der Waals surface area contributed by atoms with Crippen molar-refractivity contribution in [2.24, 2.45) is 10.7 Å². The monoisotopic (exact) mass is 315 g/mol. The third-order valence-corrected chi connectivity index (χ3v) is 3.97. The summed E-state index contributed by atoms with van der Waals surface area (Å²) >= 11 is 0. The van der Waals surface area contributed by atoms with Crippen molar-refractivity contribution in [1.29, 1.82) is 0 Å². The molecule has 2 atom stereocenters. The minimum Gasteiger partial charge on any atom is -0.466 e. The van der Waals surface area contributed by atoms with Gasteiger partial charge in [-0.15, -0.1) is 0 Å². The van der Waals surface area contributed by atoms with Gasteiger partial charge in [0.2, 0.25) is 0 Å². The molecule has 0 aliphatic rings. The molecule has 0 bridgehead atoms. The lowest BCUT2D eigenvalue weighted by molar-refractivity contribution is 0.0438. The van der Waals surface area contributed by atoms with Crippen LogP contribution in [0.2, 0.25) is 0 Å². The zero-order chi connectivity index (χ0) is 16.9. The third kappa shape index (κ3) is 4.60. The van der Waals surface area contributed by atoms with Crippen LogP contribution in [0.4, 0.5) is 5.69 Å². The van der Waals surface area contributed by atoms with Gasteiger partial charge in [-0.25, -0.2) is 4.99 Å². The largest absolute Gasteiger partial charge is 0.466 e. The molecule has 0 saturated carbocycles. The molecule has 0 aliphatic heterocycles. The van der Waals surface area contributed by atoms with Gasteiger partial charge < -0.3 is 20.6 Å². The van der Waals surface area contributed by atoms with E-state index < -0.39 is 5.60 Å². The van der Waals surface area contributed by atoms with Crippen molar-refractivity contribution in [2.75, 3.05) is 11.9 Å². The van der Waals surface area contributed by atoms with E-state index in [1.165, 1.54) is 11.8 Å². The van der Waals surface area contributed by atoms with Crippen LogP contribution in [0.3, 0.4) is 0 Å². The van der Waals surface area contributed by atoms with Crippen molar-refractivity contribution in [1.82, 2.24) is 0 Å². The predicted molar refractivity (Wildman–Crippen MR) is 93.5 cm³/mol. The summed E-state index contributed by atoms with van der Waals surface area (Å²) in [6.07, 6.45) is 2.63. The Kier molecular flexibility index (Phi) is 5.45. The first-order valence-corrected chi connectivity index (χ1v) is 7.85. The molecule has 23 heavy (non-hydrogen) atoms. The van der Waals surface area contributed by atoms with Gasteiger partial charge in [0.25, 0.3) is 0 Å². The maximum absolute atomic E-state index is 10.3. The van der Waals surface area contributed by atoms with Gasteiger partial charge in [-0.3, -0.25) is 0 Å². The molecule has 0 radical (unpaired) electrons. The van der Waals surface area contributed by atoms with Crippen LogP contribution in [0.5, 0.6) is 0 Å². The zero-order valence-electron chi connectivity index (χ0n) is 13.9. The number of benzene rings is 1. The highest BCUT2D eigenvalue weighted by Crippen LogP contribution is 2.22. The van der Waals surface area contributed by atoms with E-state index in [2.05, 4.69) is 36.3 Å². The maximum Gasteiger partial charge on any atom is 0.193 e. The van der Waals surface area contributed by atoms with Gasteiger partial charge in [0, 0.05) is 5.69 Å². The Morgan fingerprint density at radius 1 is 1.35 bits per heavy atom. The molecular weight excluding hydrogens is 290 g/mol. The van der Waals surface area contributed by atoms with E-state index in [1.807, 2.05) is 12.1 Å². The van der Waals surface area contributed by atoms with Crippen molar-refractivity contribution in [3.8, 4) is 0 Å². The Hall–Kier alpha value is -2.27. The lowest BCUT2D eigenvalue weighted by Gasteiger charge is -2.18. The van der Waals surface area contributed by atoms with Crippen molar-refractivity contribution in [3.63, 3.8) is 0 Å². The van der Waals surface area contributed by atoms with Crippen LogP contribution in [0.25, 0.3) is 0 Å². The summed E-state index contributed by atoms with van der Waals surface area (Å²) in [6.45, 7) is 6.13. The minimum atomic E-state index is -1.18. The average molecular weight is 315 g/mol. The summed E-state index contributed by atoms with van der Waals surface area (Å²) in [5, 5.41) is 13.4. The van der Waals surface area contributed by atoms with Gasteiger partial charge >= 0.3 is 0 Å². The lowest BCUT2D eigenvalue weighted by atomic mass is 9.99. The summed E-state index contributed by atoms with van der Waals surface area (Å²) in [5.74, 6) is 1.26. The highest BCUT2D eigenvalue weighted by Gasteiger charge is 2.25. The van der Waals surface area contributed by atoms with Crippen molar-refractivity contribution < 1.29 is 9.52 Å². The quantitative estimate of drug-likeness (QED) is 0.563. The molecule has 1 aromatic heterocycles. The second-order valence-corrected chi connectivity index (χ2v) is 6.01. The summed E-state index contributed by atoms with van der Waals surface area (Å²) in [4.78, 5) is 4.19. The van der Waals surface area contributed by atoms with Gasteiger partial charge in [-0.1, -0.05) is 26.0 Å². The van der Waals surface area contributed by atoms with Crippen LogP contribution >= 0.6 is 0 Å². The fourth-order valence-electron chi connectivity index (χ4n) is 2.22. The summed E-state index contributed by atoms with van der Waals surface area (Å²) in [7, 11) is 0. The molecule has 4 N–H and O–H groups in total. The fourth-order valence-corrected chi connectivity index (χ4v) is 2.22. The Labute approximate surface area is 137 Å². The molecule has 2 unspecified atom stereocenters. The topological polar surface area (TPSA) is 83.8 Å². The molecule has 124 valence electrons. The lowest BCUT2D eigenvalue weighted by Crippen LogP contribution is -2.29. The number of nitrogens with one attached hydrogen (secondary N) is 1. The van der Waals surface area contributed by atoms with Crippen LogP contribution < -0.4 is 11.1 Å². The number of aliphatic hydroxyl groups is 1. The molecule has 0 amide bonds. The Bertz CT molecular complexity index is 631. The van der Waals surface area contributed by atoms with Crippen molar-refractivity contribution >= 4 is 11.6 Å². The number of aliphatic imine (C=N–C) groups is 1. The van der Waals surface area contributed by atoms with Gasteiger partial charge in [-0.05, 0) is 49.1 Å². The summed E-state index contributed by atoms with van der Waals surface area (Å²) < 4.78 is 5.21. The first-order chi connectivity index (χ1) is 10.9. The molecule has 2 aromatic rings. The van der Waals surface area contributed by atoms with Crippen LogP contribution in [-0.4, -0.2) is 17.6 Å². The van der Waals surface area contributed by atoms with Gasteiger partial charge in [-0.2, -0.15) is 0 Å². The highest BCUT2D eigenvalue weighted by atomic mass is 16.4. The van der Waals surface area contributed by atoms with E-state index in [0.717, 1.165) is 12.1 Å². The normalized spacial score (nSPS) is 15.9. The molecule has 0 saturated heterocycles. The summed E-state index contributed by atoms with van der Waals surface area (Å²) in [5.41, 5.74) is 6.87. The Balaban J connectivity index is 1.97. The first kappa shape index (κ1) is 17.1. The van der Waals surface area contributed by atoms with E-state index in [4.69, 9.17) is 10.2 Å². The SMILES string of the molecule is CCC(C)c1ccc(NC(N)=NCC(C)(O)c2ccco2)cc1. The minimum absolute atomic E-state index is 0.115. The molecule has 1 aromatic carbocycles. The van der Waals surface area contributed by atoms with Crippen LogP contribution in [0.1, 0.15) is 44.4 Å². The molecule has 2 rings (SSSR count). The standard InChI is InChI=1S/C18H25N3O2/c1-4-13(2)14-7-9-15(10-8-14)21-17(19)20-12-18(3,22)16-6-5-11-23-16/h5-11,13,22H,4,12H2,1-3H3,(H3,19,20,21). The molecule has 5 heteroatoms. The number of nitrogens with zero attached hydrogens (tertiary/aromatic N) is 1. The number of hydrogen-bond donors (Lipinski definition) is 3. The zero-order valence-corrected chi connectivity index (χ0v) is 13.9. The molecule has 1 heterocycles. The smallest absolute Gasteiger partial charge is 0.193 e. The number of furan rings is 1. The molecular formula is C18H25N3O2. The van der Waals surface area contributed by atoms with E-state index >= 15 is 0 Å². The second kappa shape index (κ2) is 7.33. The van der Waals surface area contributed by atoms with Crippen LogP contribution in [0.15, 0.2) is 52.1 Å². The van der Waals surface area contributed by atoms with Gasteiger partial charge in [0.1, 0.15) is 11.4 Å². The van der Waals surface area contributed by atoms with E-state index in [0.29, 0.717) is 11.7 Å². The van der Waals surface area contributed by atoms with Gasteiger partial charge in [0.15, 0.2) is 5.96 Å². The predicted octanol–water partition coefficient (Wildman–Crippen LogP) is 3.43. The van der Waals surface area contributed by atoms with E-state index in [1.54, 1.807) is 19.1 Å². The fraction of sp³-hybridized carbons (Fsp3) is 0.389. The Morgan fingerprint density at radius 2 is 2.04 bits per heavy atom. The van der Waals surface area contributed by atoms with Crippen molar-refractivity contribution in [2.45, 2.75) is 38.7 Å². The number of anilines is 1. The average Bonchev–Trinajstić information content (AvgIpc) is 3.08. The Morgan fingerprint density at radius 3 is 2.61 bits per heavy atom. The molecule has 0 spiro atoms. The first-order valence-electron chi connectivity index (χ1n) is 7.85. The van der Waals surface area contributed by atoms with Crippen molar-refractivity contribution in [3.05, 3.63) is 54.0 Å². The maximum atomic E-state index is 10.3. The number of rotatable bonds is 6. The van der Waals surface area contributed by atoms with E-state index in [9.17, 15) is 5.11 Å². The van der Waals surface area contributed by atoms with E-state index in [-0.39, 0.29) is 12.5 Å². The summed E-state index contributed by atoms with van der Waals surface area (Å²) in [6, 6.07) is 11.6. The van der Waals surface area contributed by atoms with Gasteiger partial charge in [0.05, 0.1) is 12.8 Å². The highest BCUT2D eigenvalue weighted by molar-refractivity contribution is 5.92. The van der Waals surface area contributed by atoms with Crippen LogP contribution in [0, 0.1) is 0 Å². The molecule has 0 fully saturated rings. The number of guanidine groups is 1. The number of hydrogen-bond acceptors (Lipinski definition) is 3.